The molecule has 0 spiro atoms. The summed E-state index contributed by atoms with van der Waals surface area (Å²) in [6.45, 7) is 2.20. The summed E-state index contributed by atoms with van der Waals surface area (Å²) in [5.74, 6) is 0.633. The summed E-state index contributed by atoms with van der Waals surface area (Å²) >= 11 is 3.32. The maximum Gasteiger partial charge on any atom is 0.128 e. The molecule has 11 heavy (non-hydrogen) atoms. The predicted octanol–water partition coefficient (Wildman–Crippen LogP) is 1.25. The Kier molecular flexibility index (Phi) is 1.96. The van der Waals surface area contributed by atoms with Crippen molar-refractivity contribution >= 4 is 15.9 Å². The Balaban J connectivity index is 2.15. The minimum Gasteiger partial charge on any atom is -0.316 e. The summed E-state index contributed by atoms with van der Waals surface area (Å²) in [5.41, 5.74) is 1.24. The number of aromatic amines is 1. The molecule has 3 nitrogen and oxygen atoms in total. The van der Waals surface area contributed by atoms with Crippen LogP contribution < -0.4 is 5.32 Å². The highest BCUT2D eigenvalue weighted by molar-refractivity contribution is 9.10. The molecule has 0 saturated carbocycles. The highest BCUT2D eigenvalue weighted by atomic mass is 79.9. The van der Waals surface area contributed by atoms with Crippen LogP contribution in [-0.4, -0.2) is 23.3 Å². The summed E-state index contributed by atoms with van der Waals surface area (Å²) in [4.78, 5) is 0. The van der Waals surface area contributed by atoms with Crippen molar-refractivity contribution in [3.63, 3.8) is 0 Å². The fraction of sp³-hybridized carbons (Fsp3) is 0.571. The standard InChI is InChI=1S/C7H10BrN3/c8-7-3-6(10-11-7)5-1-2-9-4-5/h3,5,9H,1-2,4H2,(H,10,11). The summed E-state index contributed by atoms with van der Waals surface area (Å²) in [7, 11) is 0. The molecule has 0 radical (unpaired) electrons. The van der Waals surface area contributed by atoms with E-state index in [-0.39, 0.29) is 0 Å². The van der Waals surface area contributed by atoms with E-state index in [1.807, 2.05) is 0 Å². The summed E-state index contributed by atoms with van der Waals surface area (Å²) < 4.78 is 0.902. The van der Waals surface area contributed by atoms with Crippen LogP contribution in [0.15, 0.2) is 10.7 Å². The highest BCUT2D eigenvalue weighted by Crippen LogP contribution is 2.21. The SMILES string of the molecule is Brc1cc(C2CCNC2)[nH]n1. The topological polar surface area (TPSA) is 40.7 Å². The van der Waals surface area contributed by atoms with Crippen molar-refractivity contribution in [2.24, 2.45) is 0 Å². The van der Waals surface area contributed by atoms with Crippen LogP contribution in [0.25, 0.3) is 0 Å². The smallest absolute Gasteiger partial charge is 0.128 e. The molecule has 2 N–H and O–H groups in total. The lowest BCUT2D eigenvalue weighted by Gasteiger charge is -2.02. The van der Waals surface area contributed by atoms with Gasteiger partial charge in [0.15, 0.2) is 0 Å². The molecule has 1 unspecified atom stereocenters. The van der Waals surface area contributed by atoms with E-state index in [2.05, 4.69) is 37.5 Å². The molecule has 60 valence electrons. The van der Waals surface area contributed by atoms with E-state index in [1.54, 1.807) is 0 Å². The van der Waals surface area contributed by atoms with Crippen LogP contribution in [-0.2, 0) is 0 Å². The Bertz CT molecular complexity index is 240. The number of nitrogens with one attached hydrogen (secondary N) is 2. The van der Waals surface area contributed by atoms with Gasteiger partial charge in [-0.2, -0.15) is 5.10 Å². The van der Waals surface area contributed by atoms with Gasteiger partial charge in [0, 0.05) is 18.2 Å². The first-order chi connectivity index (χ1) is 5.36. The molecule has 4 heteroatoms. The van der Waals surface area contributed by atoms with Crippen LogP contribution in [0.5, 0.6) is 0 Å². The highest BCUT2D eigenvalue weighted by Gasteiger charge is 2.17. The fourth-order valence-electron chi connectivity index (χ4n) is 1.44. The van der Waals surface area contributed by atoms with E-state index >= 15 is 0 Å². The van der Waals surface area contributed by atoms with Crippen LogP contribution in [0.3, 0.4) is 0 Å². The third-order valence-electron chi connectivity index (χ3n) is 2.07. The quantitative estimate of drug-likeness (QED) is 0.741. The number of aromatic nitrogens is 2. The number of H-pyrrole nitrogens is 1. The second-order valence-corrected chi connectivity index (χ2v) is 3.65. The van der Waals surface area contributed by atoms with Crippen molar-refractivity contribution in [1.29, 1.82) is 0 Å². The lowest BCUT2D eigenvalue weighted by atomic mass is 10.1. The molecule has 1 fully saturated rings. The molecule has 0 aliphatic carbocycles. The molecule has 1 aromatic rings. The number of hydrogen-bond donors (Lipinski definition) is 2. The lowest BCUT2D eigenvalue weighted by Crippen LogP contribution is -2.08. The van der Waals surface area contributed by atoms with Gasteiger partial charge in [0.05, 0.1) is 0 Å². The van der Waals surface area contributed by atoms with Gasteiger partial charge in [0.2, 0.25) is 0 Å². The van der Waals surface area contributed by atoms with Crippen molar-refractivity contribution in [1.82, 2.24) is 15.5 Å². The number of rotatable bonds is 1. The van der Waals surface area contributed by atoms with Crippen LogP contribution in [0.2, 0.25) is 0 Å². The second kappa shape index (κ2) is 2.95. The van der Waals surface area contributed by atoms with E-state index in [9.17, 15) is 0 Å². The van der Waals surface area contributed by atoms with Crippen LogP contribution in [0.4, 0.5) is 0 Å². The number of hydrogen-bond acceptors (Lipinski definition) is 2. The molecular weight excluding hydrogens is 206 g/mol. The maximum absolute atomic E-state index is 4.03. The largest absolute Gasteiger partial charge is 0.316 e. The maximum atomic E-state index is 4.03. The first-order valence-corrected chi connectivity index (χ1v) is 4.57. The van der Waals surface area contributed by atoms with Crippen molar-refractivity contribution in [2.45, 2.75) is 12.3 Å². The molecule has 0 amide bonds. The molecule has 0 aromatic carbocycles. The zero-order valence-electron chi connectivity index (χ0n) is 6.10. The van der Waals surface area contributed by atoms with Gasteiger partial charge in [-0.3, -0.25) is 5.10 Å². The third kappa shape index (κ3) is 1.46. The van der Waals surface area contributed by atoms with Gasteiger partial charge in [-0.25, -0.2) is 0 Å². The minimum absolute atomic E-state index is 0.633. The molecule has 1 aromatic heterocycles. The van der Waals surface area contributed by atoms with Gasteiger partial charge in [0.1, 0.15) is 4.60 Å². The Labute approximate surface area is 73.7 Å². The zero-order chi connectivity index (χ0) is 7.68. The van der Waals surface area contributed by atoms with Gasteiger partial charge in [-0.15, -0.1) is 0 Å². The molecule has 1 aliphatic rings. The van der Waals surface area contributed by atoms with Gasteiger partial charge in [-0.1, -0.05) is 0 Å². The summed E-state index contributed by atoms with van der Waals surface area (Å²) in [6.07, 6.45) is 1.22. The van der Waals surface area contributed by atoms with Crippen molar-refractivity contribution in [3.8, 4) is 0 Å². The lowest BCUT2D eigenvalue weighted by molar-refractivity contribution is 0.729. The Morgan fingerprint density at radius 1 is 1.64 bits per heavy atom. The van der Waals surface area contributed by atoms with Crippen LogP contribution in [0, 0.1) is 0 Å². The van der Waals surface area contributed by atoms with E-state index in [1.165, 1.54) is 12.1 Å². The molecule has 1 aliphatic heterocycles. The van der Waals surface area contributed by atoms with Crippen LogP contribution in [0.1, 0.15) is 18.0 Å². The van der Waals surface area contributed by atoms with E-state index in [0.29, 0.717) is 5.92 Å². The van der Waals surface area contributed by atoms with E-state index < -0.39 is 0 Å². The molecule has 1 saturated heterocycles. The number of halogens is 1. The predicted molar refractivity (Wildman–Crippen MR) is 46.5 cm³/mol. The molecule has 2 rings (SSSR count). The van der Waals surface area contributed by atoms with E-state index in [0.717, 1.165) is 17.7 Å². The van der Waals surface area contributed by atoms with Gasteiger partial charge >= 0.3 is 0 Å². The third-order valence-corrected chi connectivity index (χ3v) is 2.47. The first kappa shape index (κ1) is 7.31. The van der Waals surface area contributed by atoms with E-state index in [4.69, 9.17) is 0 Å². The second-order valence-electron chi connectivity index (χ2n) is 2.84. The monoisotopic (exact) mass is 215 g/mol. The van der Waals surface area contributed by atoms with Gasteiger partial charge in [-0.05, 0) is 35.0 Å². The van der Waals surface area contributed by atoms with Crippen LogP contribution >= 0.6 is 15.9 Å². The Morgan fingerprint density at radius 2 is 2.55 bits per heavy atom. The van der Waals surface area contributed by atoms with Crippen molar-refractivity contribution < 1.29 is 0 Å². The fourth-order valence-corrected chi connectivity index (χ4v) is 1.78. The minimum atomic E-state index is 0.633. The summed E-state index contributed by atoms with van der Waals surface area (Å²) in [5, 5.41) is 10.4. The number of nitrogens with zero attached hydrogens (tertiary/aromatic N) is 1. The van der Waals surface area contributed by atoms with Crippen molar-refractivity contribution in [3.05, 3.63) is 16.4 Å². The van der Waals surface area contributed by atoms with Crippen molar-refractivity contribution in [2.75, 3.05) is 13.1 Å². The molecule has 0 bridgehead atoms. The first-order valence-electron chi connectivity index (χ1n) is 3.78. The molecule has 2 heterocycles. The van der Waals surface area contributed by atoms with Gasteiger partial charge in [0.25, 0.3) is 0 Å². The molecular formula is C7H10BrN3. The Morgan fingerprint density at radius 3 is 3.09 bits per heavy atom. The average molecular weight is 216 g/mol. The average Bonchev–Trinajstić information content (AvgIpc) is 2.55. The van der Waals surface area contributed by atoms with Gasteiger partial charge < -0.3 is 5.32 Å². The molecule has 1 atom stereocenters. The normalized spacial score (nSPS) is 24.3. The zero-order valence-corrected chi connectivity index (χ0v) is 7.69. The summed E-state index contributed by atoms with van der Waals surface area (Å²) in [6, 6.07) is 2.05. The Hall–Kier alpha value is -0.350.